The number of aromatic hydroxyl groups is 1. The van der Waals surface area contributed by atoms with Crippen molar-refractivity contribution in [1.82, 2.24) is 4.57 Å². The summed E-state index contributed by atoms with van der Waals surface area (Å²) in [6.45, 7) is 1.85. The second kappa shape index (κ2) is 5.92. The van der Waals surface area contributed by atoms with Crippen molar-refractivity contribution >= 4 is 28.2 Å². The summed E-state index contributed by atoms with van der Waals surface area (Å²) in [7, 11) is 0. The molecule has 6 nitrogen and oxygen atoms in total. The summed E-state index contributed by atoms with van der Waals surface area (Å²) in [5.74, 6) is -0.609. The highest BCUT2D eigenvalue weighted by molar-refractivity contribution is 5.97. The first-order valence-electron chi connectivity index (χ1n) is 7.10. The largest absolute Gasteiger partial charge is 0.493 e. The number of fused-ring (bicyclic) bond motifs is 1. The lowest BCUT2D eigenvalue weighted by atomic mass is 10.2. The van der Waals surface area contributed by atoms with E-state index in [9.17, 15) is 14.8 Å². The van der Waals surface area contributed by atoms with Crippen molar-refractivity contribution in [1.29, 1.82) is 0 Å². The summed E-state index contributed by atoms with van der Waals surface area (Å²) < 4.78 is 1.37. The zero-order valence-electron chi connectivity index (χ0n) is 12.5. The second-order valence-electron chi connectivity index (χ2n) is 5.28. The maximum Gasteiger partial charge on any atom is 0.244 e. The molecule has 0 unspecified atom stereocenters. The molecule has 0 bridgehead atoms. The van der Waals surface area contributed by atoms with E-state index in [4.69, 9.17) is 0 Å². The van der Waals surface area contributed by atoms with Crippen LogP contribution >= 0.6 is 0 Å². The van der Waals surface area contributed by atoms with Gasteiger partial charge in [0.25, 0.3) is 0 Å². The van der Waals surface area contributed by atoms with Crippen LogP contribution in [0.4, 0.5) is 11.4 Å². The number of anilines is 1. The van der Waals surface area contributed by atoms with E-state index < -0.39 is 0 Å². The molecule has 0 spiro atoms. The number of para-hydroxylation sites is 1. The average Bonchev–Trinajstić information content (AvgIpc) is 2.81. The Balaban J connectivity index is 1.89. The fourth-order valence-corrected chi connectivity index (χ4v) is 2.50. The van der Waals surface area contributed by atoms with Crippen molar-refractivity contribution in [3.63, 3.8) is 0 Å². The Labute approximate surface area is 132 Å². The number of aromatic nitrogens is 1. The molecule has 6 heteroatoms. The van der Waals surface area contributed by atoms with Crippen molar-refractivity contribution in [2.75, 3.05) is 5.32 Å². The maximum atomic E-state index is 12.2. The average molecular weight is 309 g/mol. The number of nitroso groups, excluding NO2 is 1. The second-order valence-corrected chi connectivity index (χ2v) is 5.28. The summed E-state index contributed by atoms with van der Waals surface area (Å²) in [5.41, 5.74) is 2.30. The molecule has 0 aliphatic rings. The minimum Gasteiger partial charge on any atom is -0.493 e. The van der Waals surface area contributed by atoms with E-state index in [1.165, 1.54) is 4.57 Å². The number of nitrogens with one attached hydrogen (secondary N) is 1. The van der Waals surface area contributed by atoms with Gasteiger partial charge < -0.3 is 15.0 Å². The molecule has 1 amide bonds. The lowest BCUT2D eigenvalue weighted by Crippen LogP contribution is -2.18. The van der Waals surface area contributed by atoms with Gasteiger partial charge in [-0.15, -0.1) is 4.91 Å². The molecular formula is C17H15N3O3. The first kappa shape index (κ1) is 14.8. The molecule has 23 heavy (non-hydrogen) atoms. The van der Waals surface area contributed by atoms with Crippen molar-refractivity contribution < 1.29 is 9.90 Å². The van der Waals surface area contributed by atoms with E-state index in [1.807, 2.05) is 19.1 Å². The van der Waals surface area contributed by atoms with Crippen LogP contribution in [0.25, 0.3) is 10.9 Å². The SMILES string of the molecule is Cc1ccc(NC(=O)Cn2c(O)c(N=O)c3ccccc32)cc1. The van der Waals surface area contributed by atoms with Crippen LogP contribution in [0.5, 0.6) is 5.88 Å². The standard InChI is InChI=1S/C17H15N3O3/c1-11-6-8-12(9-7-11)18-15(21)10-20-14-5-3-2-4-13(14)16(19-23)17(20)22/h2-9,22H,10H2,1H3,(H,18,21). The Morgan fingerprint density at radius 3 is 2.57 bits per heavy atom. The van der Waals surface area contributed by atoms with Gasteiger partial charge in [-0.25, -0.2) is 0 Å². The first-order chi connectivity index (χ1) is 11.1. The maximum absolute atomic E-state index is 12.2. The molecule has 2 aromatic carbocycles. The summed E-state index contributed by atoms with van der Waals surface area (Å²) in [6.07, 6.45) is 0. The quantitative estimate of drug-likeness (QED) is 0.721. The highest BCUT2D eigenvalue weighted by Crippen LogP contribution is 2.38. The van der Waals surface area contributed by atoms with E-state index in [2.05, 4.69) is 10.5 Å². The summed E-state index contributed by atoms with van der Waals surface area (Å²) in [4.78, 5) is 23.1. The van der Waals surface area contributed by atoms with Crippen LogP contribution < -0.4 is 5.32 Å². The van der Waals surface area contributed by atoms with Crippen molar-refractivity contribution in [2.24, 2.45) is 5.18 Å². The van der Waals surface area contributed by atoms with Crippen LogP contribution in [-0.4, -0.2) is 15.6 Å². The molecule has 3 aromatic rings. The predicted molar refractivity (Wildman–Crippen MR) is 88.9 cm³/mol. The van der Waals surface area contributed by atoms with Crippen LogP contribution in [0.2, 0.25) is 0 Å². The third-order valence-electron chi connectivity index (χ3n) is 3.65. The molecule has 0 aliphatic carbocycles. The Morgan fingerprint density at radius 2 is 1.87 bits per heavy atom. The van der Waals surface area contributed by atoms with Gasteiger partial charge >= 0.3 is 0 Å². The van der Waals surface area contributed by atoms with Gasteiger partial charge in [-0.05, 0) is 30.3 Å². The van der Waals surface area contributed by atoms with Crippen LogP contribution in [0, 0.1) is 11.8 Å². The molecule has 116 valence electrons. The molecule has 0 radical (unpaired) electrons. The zero-order valence-corrected chi connectivity index (χ0v) is 12.5. The van der Waals surface area contributed by atoms with E-state index in [0.717, 1.165) is 5.56 Å². The topological polar surface area (TPSA) is 83.7 Å². The van der Waals surface area contributed by atoms with Gasteiger partial charge in [0.15, 0.2) is 5.69 Å². The fraction of sp³-hybridized carbons (Fsp3) is 0.118. The number of hydrogen-bond donors (Lipinski definition) is 2. The van der Waals surface area contributed by atoms with Crippen LogP contribution in [0.1, 0.15) is 5.56 Å². The predicted octanol–water partition coefficient (Wildman–Crippen LogP) is 3.69. The Kier molecular flexibility index (Phi) is 3.80. The molecule has 0 aliphatic heterocycles. The molecule has 1 aromatic heterocycles. The number of rotatable bonds is 4. The van der Waals surface area contributed by atoms with Gasteiger partial charge in [-0.3, -0.25) is 4.79 Å². The first-order valence-corrected chi connectivity index (χ1v) is 7.10. The van der Waals surface area contributed by atoms with Crippen molar-refractivity contribution in [3.8, 4) is 5.88 Å². The highest BCUT2D eigenvalue weighted by Gasteiger charge is 2.18. The van der Waals surface area contributed by atoms with E-state index >= 15 is 0 Å². The lowest BCUT2D eigenvalue weighted by Gasteiger charge is -2.08. The molecule has 0 fully saturated rings. The third kappa shape index (κ3) is 2.78. The molecule has 2 N–H and O–H groups in total. The Bertz CT molecular complexity index is 882. The summed E-state index contributed by atoms with van der Waals surface area (Å²) in [5, 5.41) is 16.3. The minimum atomic E-state index is -0.305. The van der Waals surface area contributed by atoms with Gasteiger partial charge in [-0.2, -0.15) is 0 Å². The molecule has 0 saturated carbocycles. The monoisotopic (exact) mass is 309 g/mol. The van der Waals surface area contributed by atoms with Crippen molar-refractivity contribution in [2.45, 2.75) is 13.5 Å². The van der Waals surface area contributed by atoms with E-state index in [-0.39, 0.29) is 24.0 Å². The third-order valence-corrected chi connectivity index (χ3v) is 3.65. The fourth-order valence-electron chi connectivity index (χ4n) is 2.50. The summed E-state index contributed by atoms with van der Waals surface area (Å²) >= 11 is 0. The number of aryl methyl sites for hydroxylation is 1. The van der Waals surface area contributed by atoms with Gasteiger partial charge in [-0.1, -0.05) is 35.9 Å². The van der Waals surface area contributed by atoms with Crippen molar-refractivity contribution in [3.05, 3.63) is 59.0 Å². The smallest absolute Gasteiger partial charge is 0.244 e. The Morgan fingerprint density at radius 1 is 1.17 bits per heavy atom. The van der Waals surface area contributed by atoms with Crippen LogP contribution in [0.3, 0.4) is 0 Å². The van der Waals surface area contributed by atoms with Crippen LogP contribution in [0.15, 0.2) is 53.7 Å². The number of nitrogens with zero attached hydrogens (tertiary/aromatic N) is 2. The van der Waals surface area contributed by atoms with E-state index in [0.29, 0.717) is 16.6 Å². The molecular weight excluding hydrogens is 294 g/mol. The van der Waals surface area contributed by atoms with E-state index in [1.54, 1.807) is 36.4 Å². The minimum absolute atomic E-state index is 0.0521. The summed E-state index contributed by atoms with van der Waals surface area (Å²) in [6, 6.07) is 14.3. The van der Waals surface area contributed by atoms with Crippen LogP contribution in [-0.2, 0) is 11.3 Å². The number of carbonyl (C=O) groups excluding carboxylic acids is 1. The van der Waals surface area contributed by atoms with Gasteiger partial charge in [0, 0.05) is 11.1 Å². The van der Waals surface area contributed by atoms with Gasteiger partial charge in [0.2, 0.25) is 11.8 Å². The number of hydrogen-bond acceptors (Lipinski definition) is 4. The number of carbonyl (C=O) groups is 1. The highest BCUT2D eigenvalue weighted by atomic mass is 16.3. The molecule has 3 rings (SSSR count). The zero-order chi connectivity index (χ0) is 16.4. The lowest BCUT2D eigenvalue weighted by molar-refractivity contribution is -0.116. The molecule has 0 saturated heterocycles. The number of benzene rings is 2. The normalized spacial score (nSPS) is 10.7. The molecule has 0 atom stereocenters. The van der Waals surface area contributed by atoms with Gasteiger partial charge in [0.1, 0.15) is 6.54 Å². The Hall–Kier alpha value is -3.15. The molecule has 1 heterocycles. The van der Waals surface area contributed by atoms with Gasteiger partial charge in [0.05, 0.1) is 5.52 Å². The number of amides is 1.